The van der Waals surface area contributed by atoms with Crippen molar-refractivity contribution in [2.75, 3.05) is 0 Å². The summed E-state index contributed by atoms with van der Waals surface area (Å²) in [5.74, 6) is 0. The van der Waals surface area contributed by atoms with E-state index in [9.17, 15) is 18.3 Å². The number of nitrogens with one attached hydrogen (secondary N) is 1. The lowest BCUT2D eigenvalue weighted by Crippen LogP contribution is -2.44. The van der Waals surface area contributed by atoms with Gasteiger partial charge >= 0.3 is 6.18 Å². The molecule has 0 aliphatic carbocycles. The summed E-state index contributed by atoms with van der Waals surface area (Å²) in [4.78, 5) is 0. The third-order valence-electron chi connectivity index (χ3n) is 2.68. The van der Waals surface area contributed by atoms with Gasteiger partial charge in [0.05, 0.1) is 0 Å². The SMILES string of the molecule is C=C(CC(O)(c1ccccc1)C(F)(F)F)NC(C)C. The van der Waals surface area contributed by atoms with Crippen LogP contribution < -0.4 is 5.32 Å². The summed E-state index contributed by atoms with van der Waals surface area (Å²) in [5, 5.41) is 12.9. The molecule has 1 rings (SSSR count). The van der Waals surface area contributed by atoms with Gasteiger partial charge in [-0.15, -0.1) is 0 Å². The van der Waals surface area contributed by atoms with Gasteiger partial charge in [-0.2, -0.15) is 13.2 Å². The summed E-state index contributed by atoms with van der Waals surface area (Å²) in [6, 6.07) is 7.00. The topological polar surface area (TPSA) is 32.3 Å². The lowest BCUT2D eigenvalue weighted by Gasteiger charge is -2.32. The van der Waals surface area contributed by atoms with Crippen molar-refractivity contribution in [2.24, 2.45) is 0 Å². The molecule has 1 atom stereocenters. The Morgan fingerprint density at radius 3 is 2.21 bits per heavy atom. The van der Waals surface area contributed by atoms with E-state index < -0.39 is 18.2 Å². The van der Waals surface area contributed by atoms with Crippen LogP contribution in [0.25, 0.3) is 0 Å². The monoisotopic (exact) mass is 273 g/mol. The smallest absolute Gasteiger partial charge is 0.387 e. The highest BCUT2D eigenvalue weighted by molar-refractivity contribution is 5.26. The van der Waals surface area contributed by atoms with Crippen LogP contribution >= 0.6 is 0 Å². The maximum atomic E-state index is 13.2. The fraction of sp³-hybridized carbons (Fsp3) is 0.429. The van der Waals surface area contributed by atoms with E-state index >= 15 is 0 Å². The van der Waals surface area contributed by atoms with Crippen LogP contribution in [-0.4, -0.2) is 17.3 Å². The van der Waals surface area contributed by atoms with Gasteiger partial charge in [-0.25, -0.2) is 0 Å². The second-order valence-electron chi connectivity index (χ2n) is 4.80. The second-order valence-corrected chi connectivity index (χ2v) is 4.80. The Kier molecular flexibility index (Phi) is 4.63. The fourth-order valence-corrected chi connectivity index (χ4v) is 1.85. The molecule has 1 unspecified atom stereocenters. The molecule has 1 aromatic rings. The number of hydrogen-bond acceptors (Lipinski definition) is 2. The Labute approximate surface area is 111 Å². The van der Waals surface area contributed by atoms with Gasteiger partial charge in [-0.1, -0.05) is 36.9 Å². The molecule has 1 aromatic carbocycles. The molecule has 0 heterocycles. The predicted octanol–water partition coefficient (Wildman–Crippen LogP) is 3.34. The van der Waals surface area contributed by atoms with E-state index in [0.717, 1.165) is 0 Å². The van der Waals surface area contributed by atoms with E-state index in [1.807, 2.05) is 0 Å². The first-order valence-corrected chi connectivity index (χ1v) is 5.96. The first kappa shape index (κ1) is 15.6. The van der Waals surface area contributed by atoms with E-state index in [1.165, 1.54) is 24.3 Å². The molecule has 19 heavy (non-hydrogen) atoms. The minimum Gasteiger partial charge on any atom is -0.387 e. The van der Waals surface area contributed by atoms with Gasteiger partial charge in [-0.3, -0.25) is 0 Å². The third-order valence-corrected chi connectivity index (χ3v) is 2.68. The summed E-state index contributed by atoms with van der Waals surface area (Å²) in [7, 11) is 0. The van der Waals surface area contributed by atoms with Crippen LogP contribution in [0.2, 0.25) is 0 Å². The van der Waals surface area contributed by atoms with E-state index in [4.69, 9.17) is 0 Å². The molecular formula is C14H18F3NO. The summed E-state index contributed by atoms with van der Waals surface area (Å²) in [5.41, 5.74) is -2.96. The molecule has 0 bridgehead atoms. The van der Waals surface area contributed by atoms with Crippen LogP contribution in [-0.2, 0) is 5.60 Å². The van der Waals surface area contributed by atoms with Gasteiger partial charge in [0.15, 0.2) is 5.60 Å². The third kappa shape index (κ3) is 3.73. The average Bonchev–Trinajstić information content (AvgIpc) is 2.27. The van der Waals surface area contributed by atoms with Crippen LogP contribution in [0.15, 0.2) is 42.6 Å². The number of hydrogen-bond donors (Lipinski definition) is 2. The van der Waals surface area contributed by atoms with Crippen LogP contribution in [0.4, 0.5) is 13.2 Å². The zero-order chi connectivity index (χ0) is 14.7. The standard InChI is InChI=1S/C14H18F3NO/c1-10(2)18-11(3)9-13(19,14(15,16)17)12-7-5-4-6-8-12/h4-8,10,18-19H,3,9H2,1-2H3. The number of alkyl halides is 3. The van der Waals surface area contributed by atoms with Crippen molar-refractivity contribution in [2.45, 2.75) is 38.1 Å². The minimum atomic E-state index is -4.77. The van der Waals surface area contributed by atoms with Crippen molar-refractivity contribution in [3.8, 4) is 0 Å². The Morgan fingerprint density at radius 1 is 1.26 bits per heavy atom. The zero-order valence-electron chi connectivity index (χ0n) is 11.0. The van der Waals surface area contributed by atoms with Crippen molar-refractivity contribution in [3.05, 3.63) is 48.2 Å². The van der Waals surface area contributed by atoms with Crippen LogP contribution in [0.3, 0.4) is 0 Å². The van der Waals surface area contributed by atoms with E-state index in [0.29, 0.717) is 0 Å². The first-order chi connectivity index (χ1) is 8.67. The van der Waals surface area contributed by atoms with Gasteiger partial charge in [0.1, 0.15) is 0 Å². The van der Waals surface area contributed by atoms with Crippen LogP contribution in [0, 0.1) is 0 Å². The van der Waals surface area contributed by atoms with Gasteiger partial charge in [0, 0.05) is 18.2 Å². The average molecular weight is 273 g/mol. The van der Waals surface area contributed by atoms with Gasteiger partial charge < -0.3 is 10.4 Å². The summed E-state index contributed by atoms with van der Waals surface area (Å²) < 4.78 is 39.5. The number of benzene rings is 1. The highest BCUT2D eigenvalue weighted by atomic mass is 19.4. The molecule has 0 saturated heterocycles. The van der Waals surface area contributed by atoms with Gasteiger partial charge in [0.25, 0.3) is 0 Å². The van der Waals surface area contributed by atoms with E-state index in [1.54, 1.807) is 19.9 Å². The first-order valence-electron chi connectivity index (χ1n) is 5.96. The molecular weight excluding hydrogens is 255 g/mol. The Hall–Kier alpha value is -1.49. The molecule has 0 amide bonds. The Morgan fingerprint density at radius 2 is 1.79 bits per heavy atom. The quantitative estimate of drug-likeness (QED) is 0.862. The number of rotatable bonds is 5. The molecule has 0 aliphatic heterocycles. The van der Waals surface area contributed by atoms with Gasteiger partial charge in [-0.05, 0) is 19.4 Å². The molecule has 2 N–H and O–H groups in total. The largest absolute Gasteiger partial charge is 0.421 e. The fourth-order valence-electron chi connectivity index (χ4n) is 1.85. The summed E-state index contributed by atoms with van der Waals surface area (Å²) >= 11 is 0. The lowest BCUT2D eigenvalue weighted by molar-refractivity contribution is -0.266. The molecule has 0 fully saturated rings. The lowest BCUT2D eigenvalue weighted by atomic mass is 9.88. The van der Waals surface area contributed by atoms with Crippen LogP contribution in [0.1, 0.15) is 25.8 Å². The zero-order valence-corrected chi connectivity index (χ0v) is 11.0. The van der Waals surface area contributed by atoms with Crippen molar-refractivity contribution in [3.63, 3.8) is 0 Å². The molecule has 0 spiro atoms. The molecule has 0 aliphatic rings. The highest BCUT2D eigenvalue weighted by Crippen LogP contribution is 2.42. The molecule has 0 aromatic heterocycles. The highest BCUT2D eigenvalue weighted by Gasteiger charge is 2.54. The minimum absolute atomic E-state index is 0.0410. The van der Waals surface area contributed by atoms with Crippen molar-refractivity contribution >= 4 is 0 Å². The normalized spacial score (nSPS) is 15.1. The molecule has 0 radical (unpaired) electrons. The number of halogens is 3. The Balaban J connectivity index is 3.06. The Bertz CT molecular complexity index is 428. The molecule has 0 saturated carbocycles. The van der Waals surface area contributed by atoms with Gasteiger partial charge in [0.2, 0.25) is 0 Å². The van der Waals surface area contributed by atoms with Crippen molar-refractivity contribution < 1.29 is 18.3 Å². The van der Waals surface area contributed by atoms with E-state index in [2.05, 4.69) is 11.9 Å². The maximum absolute atomic E-state index is 13.2. The number of aliphatic hydroxyl groups is 1. The van der Waals surface area contributed by atoms with E-state index in [-0.39, 0.29) is 17.3 Å². The van der Waals surface area contributed by atoms with Crippen molar-refractivity contribution in [1.29, 1.82) is 0 Å². The molecule has 5 heteroatoms. The van der Waals surface area contributed by atoms with Crippen LogP contribution in [0.5, 0.6) is 0 Å². The summed E-state index contributed by atoms with van der Waals surface area (Å²) in [6.45, 7) is 7.13. The maximum Gasteiger partial charge on any atom is 0.421 e. The molecule has 2 nitrogen and oxygen atoms in total. The summed E-state index contributed by atoms with van der Waals surface area (Å²) in [6.07, 6.45) is -5.38. The molecule has 106 valence electrons. The van der Waals surface area contributed by atoms with Crippen molar-refractivity contribution in [1.82, 2.24) is 5.32 Å². The predicted molar refractivity (Wildman–Crippen MR) is 68.4 cm³/mol. The second kappa shape index (κ2) is 5.65.